The lowest BCUT2D eigenvalue weighted by molar-refractivity contribution is 0.0677. The average Bonchev–Trinajstić information content (AvgIpc) is 1.54. The van der Waals surface area contributed by atoms with Crippen LogP contribution in [0.2, 0.25) is 0 Å². The van der Waals surface area contributed by atoms with Crippen LogP contribution in [0.25, 0.3) is 22.3 Å². The summed E-state index contributed by atoms with van der Waals surface area (Å²) in [5, 5.41) is 0. The Hall–Kier alpha value is -16.7. The van der Waals surface area contributed by atoms with E-state index in [0.29, 0.717) is 102 Å². The van der Waals surface area contributed by atoms with Crippen molar-refractivity contribution in [1.82, 2.24) is 9.80 Å². The van der Waals surface area contributed by atoms with Crippen LogP contribution in [0.4, 0.5) is 11.4 Å². The van der Waals surface area contributed by atoms with E-state index >= 15 is 0 Å². The van der Waals surface area contributed by atoms with Crippen LogP contribution in [0.5, 0.6) is 46.0 Å². The summed E-state index contributed by atoms with van der Waals surface area (Å²) in [4.78, 5) is 111. The molecule has 8 amide bonds. The molecule has 8 aliphatic rings. The number of hydrogen-bond acceptors (Lipinski definition) is 12. The van der Waals surface area contributed by atoms with Crippen molar-refractivity contribution in [3.8, 4) is 68.2 Å². The minimum absolute atomic E-state index is 0.0134. The second-order valence-electron chi connectivity index (χ2n) is 39.2. The predicted octanol–water partition coefficient (Wildman–Crippen LogP) is 25.9. The third kappa shape index (κ3) is 13.1. The maximum Gasteiger partial charge on any atom is 0.266 e. The molecule has 0 saturated heterocycles. The summed E-state index contributed by atoms with van der Waals surface area (Å²) in [5.74, 6) is 1.26. The Morgan fingerprint density at radius 2 is 0.457 bits per heavy atom. The van der Waals surface area contributed by atoms with Crippen LogP contribution in [-0.4, -0.2) is 71.2 Å². The highest BCUT2D eigenvalue weighted by atomic mass is 16.5. The van der Waals surface area contributed by atoms with Crippen LogP contribution >= 0.6 is 0 Å². The minimum atomic E-state index is -0.702. The van der Waals surface area contributed by atoms with Gasteiger partial charge in [0.25, 0.3) is 47.3 Å². The van der Waals surface area contributed by atoms with Gasteiger partial charge in [-0.05, 0) is 283 Å². The van der Waals surface area contributed by atoms with Crippen molar-refractivity contribution >= 4 is 58.6 Å². The summed E-state index contributed by atoms with van der Waals surface area (Å²) in [6, 6.07) is 115. The molecule has 4 aliphatic heterocycles. The molecule has 0 spiro atoms. The minimum Gasteiger partial charge on any atom is -0.457 e. The summed E-state index contributed by atoms with van der Waals surface area (Å²) < 4.78 is 25.4. The molecule has 2 atom stereocenters. The first-order valence-corrected chi connectivity index (χ1v) is 46.5. The van der Waals surface area contributed by atoms with Crippen molar-refractivity contribution in [2.45, 2.75) is 101 Å². The Bertz CT molecular complexity index is 7880. The van der Waals surface area contributed by atoms with Crippen molar-refractivity contribution < 1.29 is 57.3 Å². The van der Waals surface area contributed by atoms with E-state index in [4.69, 9.17) is 18.9 Å². The van der Waals surface area contributed by atoms with Crippen LogP contribution in [0.1, 0.15) is 226 Å². The van der Waals surface area contributed by atoms with Crippen LogP contribution in [0, 0.1) is 13.8 Å². The SMILES string of the molecule is Cc1ccc2c(c1)C(C)(C)CC2(C)c1ccc(N2C(=O)c3ccc(Oc4ccc(C5(c6ccc(Oc7ccc8c(c7)C(=O)N(C)C8=O)cc6)c6ccccc6-c6ccccc65)cc4)cc3C2=O)cc1.Cc1ccc2c(c1)C(C)(c1ccc(N3C(=O)c4ccc(Oc5ccc(C6(c7ccc(Oc8ccc9c(c8)C(=O)N(C)C9=O)cc7)c7ccccc7-c7ccccc76)cc5)cc4C3=O)cc1)CC2(C)C. The number of anilines is 2. The molecule has 16 nitrogen and oxygen atoms in total. The molecule has 4 aliphatic carbocycles. The molecule has 24 rings (SSSR count). The topological polar surface area (TPSA) is 186 Å². The van der Waals surface area contributed by atoms with Gasteiger partial charge in [-0.1, -0.05) is 259 Å². The van der Waals surface area contributed by atoms with Crippen molar-refractivity contribution in [1.29, 1.82) is 0 Å². The molecule has 0 aromatic heterocycles. The molecule has 138 heavy (non-hydrogen) atoms. The number of amides is 8. The highest BCUT2D eigenvalue weighted by Gasteiger charge is 2.52. The lowest BCUT2D eigenvalue weighted by Gasteiger charge is -2.34. The second kappa shape index (κ2) is 31.4. The first-order chi connectivity index (χ1) is 66.5. The highest BCUT2D eigenvalue weighted by Crippen LogP contribution is 2.61. The summed E-state index contributed by atoms with van der Waals surface area (Å²) in [6.07, 6.45) is 1.91. The molecule has 16 heteroatoms. The van der Waals surface area contributed by atoms with Crippen molar-refractivity contribution in [3.05, 3.63) is 485 Å². The van der Waals surface area contributed by atoms with Crippen molar-refractivity contribution in [3.63, 3.8) is 0 Å². The van der Waals surface area contributed by atoms with Gasteiger partial charge in [0.2, 0.25) is 0 Å². The molecule has 0 radical (unpaired) electrons. The monoisotopic (exact) mass is 1800 g/mol. The largest absolute Gasteiger partial charge is 0.457 e. The summed E-state index contributed by atoms with van der Waals surface area (Å²) >= 11 is 0. The highest BCUT2D eigenvalue weighted by molar-refractivity contribution is 6.35. The number of nitrogens with zero attached hydrogens (tertiary/aromatic N) is 4. The fourth-order valence-corrected chi connectivity index (χ4v) is 23.6. The molecular formula is C122H92N4O12. The third-order valence-electron chi connectivity index (χ3n) is 29.9. The van der Waals surface area contributed by atoms with Crippen LogP contribution in [0.3, 0.4) is 0 Å². The Labute approximate surface area is 799 Å². The van der Waals surface area contributed by atoms with Gasteiger partial charge in [-0.25, -0.2) is 9.80 Å². The molecule has 4 heterocycles. The van der Waals surface area contributed by atoms with E-state index in [1.807, 2.05) is 72.8 Å². The van der Waals surface area contributed by atoms with Gasteiger partial charge < -0.3 is 18.9 Å². The number of hydrogen-bond donors (Lipinski definition) is 0. The standard InChI is InChI=1S/2C61H46N2O6/c1-36-14-31-53-54(32-36)59(2,3)35-60(53,4)37-15-21-40(22-16-37)63-57(66)48-30-28-44(34-50(48)58(63)67)69-42-25-19-39(20-26-42)61(51-12-8-6-10-45(51)46-11-7-9-13-52(46)61)38-17-23-41(24-18-38)68-43-27-29-47-49(33-43)56(65)62(5)55(47)64;1-36-14-31-53-54(32-36)60(4,35-59(53,2)3)37-15-21-40(22-16-37)63-57(66)48-30-28-44(34-50(48)58(63)67)69-42-25-19-39(20-26-42)61(51-12-8-6-10-45(51)46-11-7-9-13-52(46)61)38-17-23-41(24-18-38)68-43-27-29-47-49(33-43)56(65)62(5)55(47)64/h2*6-34H,35H2,1-5H3. The molecule has 0 saturated carbocycles. The fourth-order valence-electron chi connectivity index (χ4n) is 23.6. The average molecular weight is 1810 g/mol. The lowest BCUT2D eigenvalue weighted by atomic mass is 9.68. The van der Waals surface area contributed by atoms with Gasteiger partial charge >= 0.3 is 0 Å². The Balaban J connectivity index is 0.000000155. The van der Waals surface area contributed by atoms with Gasteiger partial charge in [0.05, 0.1) is 66.7 Å². The van der Waals surface area contributed by atoms with E-state index in [1.165, 1.54) is 57.3 Å². The zero-order valence-corrected chi connectivity index (χ0v) is 77.6. The van der Waals surface area contributed by atoms with E-state index in [2.05, 4.69) is 262 Å². The maximum atomic E-state index is 14.1. The number of aryl methyl sites for hydroxylation is 2. The van der Waals surface area contributed by atoms with E-state index < -0.39 is 10.8 Å². The zero-order valence-electron chi connectivity index (χ0n) is 77.6. The summed E-state index contributed by atoms with van der Waals surface area (Å²) in [5.41, 5.74) is 25.3. The van der Waals surface area contributed by atoms with E-state index in [-0.39, 0.29) is 68.9 Å². The lowest BCUT2D eigenvalue weighted by Crippen LogP contribution is -2.29. The van der Waals surface area contributed by atoms with Gasteiger partial charge in [0.1, 0.15) is 46.0 Å². The molecular weight excluding hydrogens is 1710 g/mol. The van der Waals surface area contributed by atoms with E-state index in [0.717, 1.165) is 101 Å². The Kier molecular flexibility index (Phi) is 19.5. The van der Waals surface area contributed by atoms with Gasteiger partial charge in [-0.3, -0.25) is 48.2 Å². The number of fused-ring (bicyclic) bond motifs is 12. The van der Waals surface area contributed by atoms with Crippen molar-refractivity contribution in [2.24, 2.45) is 0 Å². The molecule has 0 N–H and O–H groups in total. The Morgan fingerprint density at radius 1 is 0.210 bits per heavy atom. The first kappa shape index (κ1) is 85.5. The van der Waals surface area contributed by atoms with Gasteiger partial charge in [0, 0.05) is 24.9 Å². The molecule has 2 unspecified atom stereocenters. The number of carbonyl (C=O) groups excluding carboxylic acids is 8. The number of rotatable bonds is 16. The first-order valence-electron chi connectivity index (χ1n) is 46.5. The predicted molar refractivity (Wildman–Crippen MR) is 532 cm³/mol. The smallest absolute Gasteiger partial charge is 0.266 e. The summed E-state index contributed by atoms with van der Waals surface area (Å²) in [6.45, 7) is 18.0. The van der Waals surface area contributed by atoms with E-state index in [1.54, 1.807) is 72.8 Å². The zero-order chi connectivity index (χ0) is 95.1. The van der Waals surface area contributed by atoms with Crippen LogP contribution in [-0.2, 0) is 32.5 Å². The molecule has 16 aromatic rings. The molecule has 672 valence electrons. The quantitative estimate of drug-likeness (QED) is 0.0835. The molecule has 0 fully saturated rings. The number of benzene rings is 16. The van der Waals surface area contributed by atoms with Crippen LogP contribution in [0.15, 0.2) is 352 Å². The summed E-state index contributed by atoms with van der Waals surface area (Å²) in [7, 11) is 2.95. The number of carbonyl (C=O) groups is 8. The Morgan fingerprint density at radius 3 is 0.783 bits per heavy atom. The van der Waals surface area contributed by atoms with Crippen LogP contribution < -0.4 is 28.7 Å². The normalized spacial score (nSPS) is 17.9. The third-order valence-corrected chi connectivity index (χ3v) is 29.9. The molecule has 0 bridgehead atoms. The second-order valence-corrected chi connectivity index (χ2v) is 39.2. The maximum absolute atomic E-state index is 14.1. The van der Waals surface area contributed by atoms with Gasteiger partial charge in [0.15, 0.2) is 0 Å². The number of ether oxygens (including phenoxy) is 4. The van der Waals surface area contributed by atoms with Crippen molar-refractivity contribution in [2.75, 3.05) is 23.9 Å². The van der Waals surface area contributed by atoms with Gasteiger partial charge in [-0.2, -0.15) is 0 Å². The molecule has 16 aromatic carbocycles. The van der Waals surface area contributed by atoms with E-state index in [9.17, 15) is 38.4 Å². The fraction of sp³-hybridized carbons (Fsp3) is 0.148. The number of imide groups is 4. The van der Waals surface area contributed by atoms with Gasteiger partial charge in [-0.15, -0.1) is 0 Å².